The van der Waals surface area contributed by atoms with Gasteiger partial charge in [0.1, 0.15) is 12.4 Å². The van der Waals surface area contributed by atoms with E-state index >= 15 is 0 Å². The molecule has 144 valence electrons. The van der Waals surface area contributed by atoms with Crippen LogP contribution in [0.2, 0.25) is 0 Å². The number of para-hydroxylation sites is 1. The Balaban J connectivity index is 1.63. The van der Waals surface area contributed by atoms with Gasteiger partial charge in [-0.2, -0.15) is 10.1 Å². The van der Waals surface area contributed by atoms with Crippen LogP contribution in [0.5, 0.6) is 5.75 Å². The van der Waals surface area contributed by atoms with E-state index < -0.39 is 0 Å². The summed E-state index contributed by atoms with van der Waals surface area (Å²) in [5.74, 6) is 0.561. The summed E-state index contributed by atoms with van der Waals surface area (Å²) in [6.07, 6.45) is 1.84. The van der Waals surface area contributed by atoms with E-state index in [1.807, 2.05) is 91.9 Å². The Morgan fingerprint density at radius 3 is 2.41 bits per heavy atom. The molecule has 3 aromatic rings. The minimum atomic E-state index is -0.150. The molecule has 0 unspecified atom stereocenters. The zero-order chi connectivity index (χ0) is 20.2. The summed E-state index contributed by atoms with van der Waals surface area (Å²) < 4.78 is 6.95. The summed E-state index contributed by atoms with van der Waals surface area (Å²) in [5, 5.41) is 5.88. The maximum absolute atomic E-state index is 13.0. The molecule has 0 atom stereocenters. The number of hydrogen-bond acceptors (Lipinski definition) is 3. The minimum Gasteiger partial charge on any atom is -0.488 e. The minimum absolute atomic E-state index is 0.150. The Labute approximate surface area is 178 Å². The van der Waals surface area contributed by atoms with Crippen molar-refractivity contribution in [1.82, 2.24) is 0 Å². The molecule has 29 heavy (non-hydrogen) atoms. The van der Waals surface area contributed by atoms with Crippen LogP contribution in [-0.4, -0.2) is 11.6 Å². The first kappa shape index (κ1) is 19.2. The van der Waals surface area contributed by atoms with E-state index in [-0.39, 0.29) is 5.91 Å². The fraction of sp³-hybridized carbons (Fsp3) is 0.0833. The first-order valence-electron chi connectivity index (χ1n) is 9.25. The van der Waals surface area contributed by atoms with Gasteiger partial charge >= 0.3 is 0 Å². The zero-order valence-electron chi connectivity index (χ0n) is 15.9. The summed E-state index contributed by atoms with van der Waals surface area (Å²) in [4.78, 5) is 13.0. The van der Waals surface area contributed by atoms with Gasteiger partial charge in [0.15, 0.2) is 0 Å². The number of amides is 1. The van der Waals surface area contributed by atoms with Gasteiger partial charge in [-0.1, -0.05) is 64.5 Å². The van der Waals surface area contributed by atoms with Crippen LogP contribution in [0, 0.1) is 0 Å². The number of halogens is 1. The lowest BCUT2D eigenvalue weighted by molar-refractivity contribution is -0.114. The number of anilines is 1. The summed E-state index contributed by atoms with van der Waals surface area (Å²) in [7, 11) is 0. The largest absolute Gasteiger partial charge is 0.488 e. The SMILES string of the molecule is CC1=NN(c2ccccc2)C(=O)/C1=C\c1cc(Br)ccc1OCc1ccccc1. The molecule has 3 aromatic carbocycles. The van der Waals surface area contributed by atoms with Crippen LogP contribution in [0.25, 0.3) is 6.08 Å². The van der Waals surface area contributed by atoms with E-state index in [0.717, 1.165) is 21.3 Å². The molecule has 4 rings (SSSR count). The van der Waals surface area contributed by atoms with Crippen molar-refractivity contribution in [1.29, 1.82) is 0 Å². The highest BCUT2D eigenvalue weighted by molar-refractivity contribution is 9.10. The molecule has 1 heterocycles. The molecular formula is C24H19BrN2O2. The lowest BCUT2D eigenvalue weighted by atomic mass is 10.1. The molecule has 0 aromatic heterocycles. The Morgan fingerprint density at radius 2 is 1.69 bits per heavy atom. The van der Waals surface area contributed by atoms with Crippen LogP contribution in [0.4, 0.5) is 5.69 Å². The molecular weight excluding hydrogens is 428 g/mol. The molecule has 0 spiro atoms. The third kappa shape index (κ3) is 4.30. The van der Waals surface area contributed by atoms with Crippen molar-refractivity contribution in [3.05, 3.63) is 100 Å². The van der Waals surface area contributed by atoms with Gasteiger partial charge in [-0.15, -0.1) is 0 Å². The van der Waals surface area contributed by atoms with Crippen molar-refractivity contribution < 1.29 is 9.53 Å². The van der Waals surface area contributed by atoms with Gasteiger partial charge in [0.2, 0.25) is 0 Å². The molecule has 0 saturated carbocycles. The number of carbonyl (C=O) groups is 1. The number of hydrazone groups is 1. The topological polar surface area (TPSA) is 41.9 Å². The van der Waals surface area contributed by atoms with Crippen molar-refractivity contribution in [3.63, 3.8) is 0 Å². The lowest BCUT2D eigenvalue weighted by Crippen LogP contribution is -2.21. The normalized spacial score (nSPS) is 15.0. The molecule has 0 aliphatic carbocycles. The summed E-state index contributed by atoms with van der Waals surface area (Å²) in [5.41, 5.74) is 3.88. The Morgan fingerprint density at radius 1 is 1.00 bits per heavy atom. The van der Waals surface area contributed by atoms with Gasteiger partial charge in [-0.25, -0.2) is 0 Å². The van der Waals surface area contributed by atoms with Crippen molar-refractivity contribution in [2.75, 3.05) is 5.01 Å². The smallest absolute Gasteiger partial charge is 0.280 e. The molecule has 1 amide bonds. The molecule has 0 N–H and O–H groups in total. The average Bonchev–Trinajstić information content (AvgIpc) is 3.03. The molecule has 1 aliphatic rings. The fourth-order valence-corrected chi connectivity index (χ4v) is 3.46. The maximum atomic E-state index is 13.0. The quantitative estimate of drug-likeness (QED) is 0.462. The average molecular weight is 447 g/mol. The Hall–Kier alpha value is -3.18. The molecule has 0 saturated heterocycles. The van der Waals surface area contributed by atoms with Gasteiger partial charge in [0.05, 0.1) is 17.0 Å². The van der Waals surface area contributed by atoms with Crippen LogP contribution in [0.1, 0.15) is 18.1 Å². The highest BCUT2D eigenvalue weighted by Crippen LogP contribution is 2.30. The number of ether oxygens (including phenoxy) is 1. The van der Waals surface area contributed by atoms with Crippen LogP contribution in [-0.2, 0) is 11.4 Å². The van der Waals surface area contributed by atoms with Gasteiger partial charge in [-0.3, -0.25) is 4.79 Å². The van der Waals surface area contributed by atoms with Crippen molar-refractivity contribution >= 4 is 39.3 Å². The van der Waals surface area contributed by atoms with Gasteiger partial charge in [0, 0.05) is 10.0 Å². The standard InChI is InChI=1S/C24H19BrN2O2/c1-17-22(24(28)27(26-17)21-10-6-3-7-11-21)15-19-14-20(25)12-13-23(19)29-16-18-8-4-2-5-9-18/h2-15H,16H2,1H3/b22-15-. The Kier molecular flexibility index (Phi) is 5.58. The highest BCUT2D eigenvalue weighted by Gasteiger charge is 2.28. The molecule has 0 fully saturated rings. The molecule has 4 nitrogen and oxygen atoms in total. The van der Waals surface area contributed by atoms with Gasteiger partial charge in [0.25, 0.3) is 5.91 Å². The van der Waals surface area contributed by atoms with Crippen molar-refractivity contribution in [3.8, 4) is 5.75 Å². The molecule has 0 radical (unpaired) electrons. The number of hydrogen-bond donors (Lipinski definition) is 0. The lowest BCUT2D eigenvalue weighted by Gasteiger charge is -2.12. The second-order valence-electron chi connectivity index (χ2n) is 6.65. The number of rotatable bonds is 5. The van der Waals surface area contributed by atoms with Gasteiger partial charge in [-0.05, 0) is 48.9 Å². The first-order valence-corrected chi connectivity index (χ1v) is 10.0. The molecule has 1 aliphatic heterocycles. The van der Waals surface area contributed by atoms with Crippen molar-refractivity contribution in [2.45, 2.75) is 13.5 Å². The third-order valence-electron chi connectivity index (χ3n) is 4.57. The number of carbonyl (C=O) groups excluding carboxylic acids is 1. The predicted molar refractivity (Wildman–Crippen MR) is 120 cm³/mol. The highest BCUT2D eigenvalue weighted by atomic mass is 79.9. The summed E-state index contributed by atoms with van der Waals surface area (Å²) in [6, 6.07) is 25.2. The van der Waals surface area contributed by atoms with Crippen molar-refractivity contribution in [2.24, 2.45) is 5.10 Å². The Bertz CT molecular complexity index is 1090. The monoisotopic (exact) mass is 446 g/mol. The first-order chi connectivity index (χ1) is 14.1. The fourth-order valence-electron chi connectivity index (χ4n) is 3.08. The van der Waals surface area contributed by atoms with E-state index in [0.29, 0.717) is 23.6 Å². The van der Waals surface area contributed by atoms with Gasteiger partial charge < -0.3 is 4.74 Å². The zero-order valence-corrected chi connectivity index (χ0v) is 17.5. The van der Waals surface area contributed by atoms with E-state index in [9.17, 15) is 4.79 Å². The van der Waals surface area contributed by atoms with Crippen LogP contribution < -0.4 is 9.75 Å². The van der Waals surface area contributed by atoms with Crippen LogP contribution >= 0.6 is 15.9 Å². The van der Waals surface area contributed by atoms with E-state index in [2.05, 4.69) is 21.0 Å². The summed E-state index contributed by atoms with van der Waals surface area (Å²) >= 11 is 3.51. The predicted octanol–water partition coefficient (Wildman–Crippen LogP) is 5.83. The number of benzene rings is 3. The third-order valence-corrected chi connectivity index (χ3v) is 5.07. The molecule has 0 bridgehead atoms. The van der Waals surface area contributed by atoms with Crippen LogP contribution in [0.15, 0.2) is 94.0 Å². The van der Waals surface area contributed by atoms with E-state index in [1.165, 1.54) is 5.01 Å². The molecule has 5 heteroatoms. The maximum Gasteiger partial charge on any atom is 0.280 e. The summed E-state index contributed by atoms with van der Waals surface area (Å²) in [6.45, 7) is 2.30. The van der Waals surface area contributed by atoms with Crippen LogP contribution in [0.3, 0.4) is 0 Å². The van der Waals surface area contributed by atoms with E-state index in [1.54, 1.807) is 0 Å². The number of nitrogens with zero attached hydrogens (tertiary/aromatic N) is 2. The van der Waals surface area contributed by atoms with E-state index in [4.69, 9.17) is 4.74 Å². The second-order valence-corrected chi connectivity index (χ2v) is 7.57. The second kappa shape index (κ2) is 8.45.